The number of methoxy groups -OCH3 is 2. The summed E-state index contributed by atoms with van der Waals surface area (Å²) in [5, 5.41) is 103. The largest absolute Gasteiger partial charge is 0.459 e. The third-order valence-corrected chi connectivity index (χ3v) is 30.0. The van der Waals surface area contributed by atoms with Crippen LogP contribution in [0.5, 0.6) is 0 Å². The van der Waals surface area contributed by atoms with Gasteiger partial charge in [-0.05, 0) is 232 Å². The molecule has 2 aromatic heterocycles. The molecule has 772 valence electrons. The third kappa shape index (κ3) is 29.4. The van der Waals surface area contributed by atoms with Gasteiger partial charge in [-0.25, -0.2) is 9.97 Å². The van der Waals surface area contributed by atoms with E-state index in [0.29, 0.717) is 86.4 Å². The van der Waals surface area contributed by atoms with Crippen LogP contribution in [0.4, 0.5) is 5.82 Å². The number of nitrogens with zero attached hydrogens (tertiary/aromatic N) is 6. The van der Waals surface area contributed by atoms with Gasteiger partial charge in [-0.2, -0.15) is 0 Å². The minimum Gasteiger partial charge on any atom is -0.459 e. The molecule has 0 amide bonds. The Hall–Kier alpha value is -4.13. The van der Waals surface area contributed by atoms with Crippen LogP contribution in [0.1, 0.15) is 203 Å². The second kappa shape index (κ2) is 50.4. The Morgan fingerprint density at radius 2 is 0.896 bits per heavy atom. The molecule has 135 heavy (non-hydrogen) atoms. The van der Waals surface area contributed by atoms with E-state index in [2.05, 4.69) is 25.1 Å². The highest BCUT2D eigenvalue weighted by atomic mass is 35.5. The fourth-order valence-corrected chi connectivity index (χ4v) is 21.7. The van der Waals surface area contributed by atoms with E-state index in [-0.39, 0.29) is 74.7 Å². The molecule has 0 saturated carbocycles. The highest BCUT2D eigenvalue weighted by Crippen LogP contribution is 2.45. The van der Waals surface area contributed by atoms with Gasteiger partial charge in [-0.3, -0.25) is 9.59 Å². The summed E-state index contributed by atoms with van der Waals surface area (Å²) in [6.07, 6.45) is -13.4. The predicted octanol–water partition coefficient (Wildman–Crippen LogP) is 11.4. The Labute approximate surface area is 817 Å². The first-order chi connectivity index (χ1) is 63.1. The second-order valence-corrected chi connectivity index (χ2v) is 42.5. The van der Waals surface area contributed by atoms with E-state index in [1.165, 1.54) is 28.1 Å². The molecule has 1 unspecified atom stereocenters. The Morgan fingerprint density at radius 1 is 0.519 bits per heavy atom. The fraction of sp³-hybridized carbons (Fsp3) is 0.800. The van der Waals surface area contributed by atoms with Crippen LogP contribution >= 0.6 is 34.8 Å². The van der Waals surface area contributed by atoms with Gasteiger partial charge in [-0.15, -0.1) is 0 Å². The van der Waals surface area contributed by atoms with Crippen molar-refractivity contribution in [3.05, 3.63) is 76.1 Å². The fourth-order valence-electron chi connectivity index (χ4n) is 21.0. The number of halogens is 3. The number of carbonyl (C=O) groups is 2. The summed E-state index contributed by atoms with van der Waals surface area (Å²) < 4.78 is 90.7. The third-order valence-electron chi connectivity index (χ3n) is 29.3. The first kappa shape index (κ1) is 116. The lowest BCUT2D eigenvalue weighted by Gasteiger charge is -2.49. The average Bonchev–Trinajstić information content (AvgIpc) is 1.73. The van der Waals surface area contributed by atoms with E-state index in [4.69, 9.17) is 107 Å². The van der Waals surface area contributed by atoms with E-state index in [1.807, 2.05) is 162 Å². The number of hydrogen-bond acceptors (Lipinski definition) is 32. The molecule has 11 N–H and O–H groups in total. The van der Waals surface area contributed by atoms with E-state index < -0.39 is 192 Å². The van der Waals surface area contributed by atoms with Crippen LogP contribution in [0, 0.1) is 35.5 Å². The number of benzene rings is 2. The lowest BCUT2D eigenvalue weighted by atomic mass is 9.77. The van der Waals surface area contributed by atoms with Crippen LogP contribution in [-0.2, 0) is 75.9 Å². The van der Waals surface area contributed by atoms with Crippen LogP contribution < -0.4 is 11.1 Å². The van der Waals surface area contributed by atoms with Gasteiger partial charge in [0.2, 0.25) is 0 Å². The summed E-state index contributed by atoms with van der Waals surface area (Å²) in [7, 11) is 14.8. The summed E-state index contributed by atoms with van der Waals surface area (Å²) in [6, 6.07) is 18.0. The molecule has 8 heterocycles. The van der Waals surface area contributed by atoms with Crippen LogP contribution in [0.3, 0.4) is 0 Å². The zero-order valence-electron chi connectivity index (χ0n) is 85.4. The van der Waals surface area contributed by atoms with Crippen molar-refractivity contribution in [3.8, 4) is 0 Å². The molecule has 36 atom stereocenters. The monoisotopic (exact) mass is 1970 g/mol. The number of ether oxygens (including phenoxy) is 14. The van der Waals surface area contributed by atoms with E-state index in [0.717, 1.165) is 21.5 Å². The summed E-state index contributed by atoms with van der Waals surface area (Å²) in [6.45, 7) is 38.5. The molecule has 2 aromatic carbocycles. The number of cyclic esters (lactones) is 2. The van der Waals surface area contributed by atoms with Crippen molar-refractivity contribution in [1.82, 2.24) is 29.6 Å². The normalized spacial score (nSPS) is 40.8. The Morgan fingerprint density at radius 3 is 1.28 bits per heavy atom. The number of aliphatic hydroxyl groups is 8. The van der Waals surface area contributed by atoms with Crippen molar-refractivity contribution < 1.29 is 117 Å². The number of likely N-dealkylation sites (N-methyl/N-ethyl adjacent to an activating group) is 4. The number of pyridine rings is 2. The number of esters is 2. The highest BCUT2D eigenvalue weighted by Gasteiger charge is 2.57. The number of nitrogens with one attached hydrogen (secondary N) is 1. The van der Waals surface area contributed by atoms with Crippen molar-refractivity contribution in [1.29, 1.82) is 0 Å². The van der Waals surface area contributed by atoms with Gasteiger partial charge in [0.15, 0.2) is 25.2 Å². The maximum absolute atomic E-state index is 14.5. The molecule has 6 aliphatic rings. The van der Waals surface area contributed by atoms with Crippen LogP contribution in [0.25, 0.3) is 21.5 Å². The van der Waals surface area contributed by atoms with Gasteiger partial charge in [0.05, 0.1) is 83.1 Å². The van der Waals surface area contributed by atoms with Gasteiger partial charge < -0.3 is 138 Å². The zero-order chi connectivity index (χ0) is 101. The average molecular weight is 1970 g/mol. The van der Waals surface area contributed by atoms with Crippen molar-refractivity contribution in [2.45, 2.75) is 383 Å². The van der Waals surface area contributed by atoms with Crippen molar-refractivity contribution in [3.63, 3.8) is 0 Å². The van der Waals surface area contributed by atoms with Crippen molar-refractivity contribution in [2.75, 3.05) is 101 Å². The number of fused-ring (bicyclic) bond motifs is 2. The minimum absolute atomic E-state index is 0.0699. The molecular weight excluding hydrogens is 1800 g/mol. The van der Waals surface area contributed by atoms with Gasteiger partial charge in [-0.1, -0.05) is 125 Å². The summed E-state index contributed by atoms with van der Waals surface area (Å²) >= 11 is 18.0. The number of carbonyl (C=O) groups excluding carboxylic acids is 2. The smallest absolute Gasteiger partial charge is 0.311 e. The van der Waals surface area contributed by atoms with Gasteiger partial charge >= 0.3 is 11.9 Å². The first-order valence-corrected chi connectivity index (χ1v) is 49.7. The molecule has 6 saturated heterocycles. The summed E-state index contributed by atoms with van der Waals surface area (Å²) in [5.74, 6) is -4.41. The lowest BCUT2D eigenvalue weighted by molar-refractivity contribution is -0.321. The van der Waals surface area contributed by atoms with Gasteiger partial charge in [0, 0.05) is 107 Å². The van der Waals surface area contributed by atoms with Crippen LogP contribution in [0.15, 0.2) is 60.7 Å². The number of aromatic nitrogens is 2. The Bertz CT molecular complexity index is 4310. The van der Waals surface area contributed by atoms with Crippen molar-refractivity contribution >= 4 is 74.1 Å². The molecule has 0 spiro atoms. The molecule has 0 aliphatic carbocycles. The second-order valence-electron chi connectivity index (χ2n) is 41.4. The number of hydrogen-bond donors (Lipinski definition) is 10. The SMILES string of the molecule is CC[C@H]1OC(=O)[C@H](C)[C@@H](OC2C[C@@](C)(OC)[C@@H](O)[C@H](C)O2)[C@H](C)[C@@H](O[C@@H]2O[C@H](C)C[C@H](N(C)C)[C@H]2OCCCN)[C@](C)(O)C[C@@H](C)CN(C)[C@H](C)[C@@H](O)[C@]1(C)O.CC[C@H]1OC(=O)[C@H](C)[C@@H](O[C@H]2C[C@@](C)(OC)[C@@H](O)[C@H](C)O2)[C@H](C)[C@@H](O[C@@H]2O[C@H](C)C[C@H](N(C)C)[C@H]2OCCCNc2nc(Cl)cc3ccccc23)[C@](C)(O)C[C@@H](C)CN(C)[C@H](C)[C@@H](O)[C@]1(C)O.Clc1cc2ccccc2c(Cl)n1. The molecule has 6 fully saturated rings. The maximum atomic E-state index is 14.5. The minimum atomic E-state index is -1.82. The molecule has 0 radical (unpaired) electrons. The Kier molecular flexibility index (Phi) is 43.4. The molecule has 35 heteroatoms. The van der Waals surface area contributed by atoms with E-state index in [1.54, 1.807) is 75.3 Å². The zero-order valence-corrected chi connectivity index (χ0v) is 87.7. The van der Waals surface area contributed by atoms with E-state index in [9.17, 15) is 50.4 Å². The van der Waals surface area contributed by atoms with Crippen LogP contribution in [0.2, 0.25) is 15.5 Å². The standard InChI is InChI=1S/C50H83ClN4O12.C41H79N3O12.C9H5Cl2N/c1-15-37-50(10,60)42(56)32(6)55(13)27-28(2)25-48(8,59)44(30(4)40(31(5)46(58)65-37)66-39-26-49(9,61-14)43(57)33(7)64-39)67-47-41(36(54(11)12)23-29(3)63-47)62-22-18-21-52-45-35-20-17-16-19-34(35)24-38(51)53-45;1-15-30-41(10,49)34(45)27(6)44(13)22-23(2)20-39(8,48)36(56-38-33(51-18-16-17-42)29(43(11)12)19-24(3)52-38)25(4)32(26(5)37(47)54-30)55-31-21-40(9,50-14)35(46)28(7)53-31;10-8-5-6-3-1-2-4-7(6)9(11)12-8/h16-17,19-20,24,28-33,36-37,39-44,47,56-57,59-60H,15,18,21-23,25-27H2,1-14H3,(H,52,53);23-36,38,45-46,48-49H,15-22,42H2,1-14H3;1-5H/t28-,29-,30+,31-,32-,33+,36+,37-,39+,40+,41-,42-,43+,44-,47+,48-,49-,50-;23-,24-,25+,26-,27-,28+,29+,30-,31?,32+,33-,34-,35+,36-,38+,39-,40-,41-;/m11./s1. The first-order valence-electron chi connectivity index (χ1n) is 48.6. The van der Waals surface area contributed by atoms with Gasteiger partial charge in [0.25, 0.3) is 0 Å². The topological polar surface area (TPSA) is 402 Å². The molecule has 6 aliphatic heterocycles. The number of nitrogens with two attached hydrogens (primary N) is 1. The maximum Gasteiger partial charge on any atom is 0.311 e. The summed E-state index contributed by atoms with van der Waals surface area (Å²) in [5.41, 5.74) is -2.92. The number of rotatable bonds is 24. The predicted molar refractivity (Wildman–Crippen MR) is 521 cm³/mol. The highest BCUT2D eigenvalue weighted by molar-refractivity contribution is 6.36. The van der Waals surface area contributed by atoms with Crippen LogP contribution in [-0.4, -0.2) is 359 Å². The van der Waals surface area contributed by atoms with Gasteiger partial charge in [0.1, 0.15) is 81.3 Å². The quantitative estimate of drug-likeness (QED) is 0.0177. The molecule has 10 rings (SSSR count). The van der Waals surface area contributed by atoms with E-state index >= 15 is 0 Å². The molecule has 0 bridgehead atoms. The molecule has 32 nitrogen and oxygen atoms in total. The molecular formula is C100H167Cl3N8O24. The van der Waals surface area contributed by atoms with Crippen molar-refractivity contribution in [2.24, 2.45) is 41.2 Å². The summed E-state index contributed by atoms with van der Waals surface area (Å²) in [4.78, 5) is 45.5. The number of anilines is 1. The lowest BCUT2D eigenvalue weighted by Crippen LogP contribution is -2.61. The number of aliphatic hydroxyl groups excluding tert-OH is 4. The molecule has 4 aromatic rings. The Balaban J connectivity index is 0.000000297.